The molecule has 1 aromatic rings. The lowest BCUT2D eigenvalue weighted by Gasteiger charge is -2.34. The molecule has 1 saturated heterocycles. The number of nitrogens with zero attached hydrogens (tertiary/aromatic N) is 2. The highest BCUT2D eigenvalue weighted by Crippen LogP contribution is 2.34. The zero-order valence-electron chi connectivity index (χ0n) is 16.6. The van der Waals surface area contributed by atoms with Gasteiger partial charge in [-0.3, -0.25) is 4.99 Å². The first-order valence-electron chi connectivity index (χ1n) is 8.98. The van der Waals surface area contributed by atoms with Crippen LogP contribution in [0.2, 0.25) is 0 Å². The first-order valence-corrected chi connectivity index (χ1v) is 10.2. The minimum Gasteiger partial charge on any atom is -0.494 e. The van der Waals surface area contributed by atoms with Gasteiger partial charge in [0, 0.05) is 38.1 Å². The number of guanidine groups is 1. The van der Waals surface area contributed by atoms with Gasteiger partial charge in [0.15, 0.2) is 17.5 Å². The van der Waals surface area contributed by atoms with Gasteiger partial charge in [-0.15, -0.1) is 24.0 Å². The van der Waals surface area contributed by atoms with Crippen LogP contribution in [0, 0.1) is 5.82 Å². The van der Waals surface area contributed by atoms with E-state index in [0.717, 1.165) is 50.7 Å². The van der Waals surface area contributed by atoms with Gasteiger partial charge in [-0.25, -0.2) is 4.39 Å². The molecule has 0 amide bonds. The maximum Gasteiger partial charge on any atom is 0.194 e. The van der Waals surface area contributed by atoms with Crippen LogP contribution in [0.3, 0.4) is 0 Å². The predicted molar refractivity (Wildman–Crippen MR) is 122 cm³/mol. The molecule has 0 aromatic heterocycles. The number of thioether (sulfide) groups is 1. The van der Waals surface area contributed by atoms with Crippen molar-refractivity contribution in [2.75, 3.05) is 46.7 Å². The summed E-state index contributed by atoms with van der Waals surface area (Å²) in [5.74, 6) is 0.755. The van der Waals surface area contributed by atoms with Crippen molar-refractivity contribution in [1.29, 1.82) is 0 Å². The van der Waals surface area contributed by atoms with Crippen LogP contribution in [0.15, 0.2) is 23.2 Å². The quantitative estimate of drug-likeness (QED) is 0.343. The molecule has 1 aliphatic heterocycles. The number of benzene rings is 1. The number of rotatable bonds is 7. The Morgan fingerprint density at radius 2 is 2.11 bits per heavy atom. The summed E-state index contributed by atoms with van der Waals surface area (Å²) in [6.45, 7) is 5.76. The summed E-state index contributed by atoms with van der Waals surface area (Å²) in [6, 6.07) is 5.05. The van der Waals surface area contributed by atoms with E-state index >= 15 is 0 Å². The fourth-order valence-corrected chi connectivity index (χ4v) is 3.78. The first kappa shape index (κ1) is 24.3. The molecule has 0 unspecified atom stereocenters. The van der Waals surface area contributed by atoms with E-state index in [9.17, 15) is 4.39 Å². The van der Waals surface area contributed by atoms with E-state index < -0.39 is 0 Å². The van der Waals surface area contributed by atoms with Crippen LogP contribution < -0.4 is 10.1 Å². The topological polar surface area (TPSA) is 46.1 Å². The number of nitrogens with one attached hydrogen (secondary N) is 1. The van der Waals surface area contributed by atoms with Gasteiger partial charge in [0.2, 0.25) is 0 Å². The SMILES string of the molecule is CCNC(=NCC1(SC)CCOCC1)N(C)Cc1ccc(OC)c(F)c1.I. The second-order valence-corrected chi connectivity index (χ2v) is 7.77. The molecule has 0 atom stereocenters. The average Bonchev–Trinajstić information content (AvgIpc) is 2.66. The van der Waals surface area contributed by atoms with Crippen molar-refractivity contribution < 1.29 is 13.9 Å². The van der Waals surface area contributed by atoms with Crippen LogP contribution in [0.4, 0.5) is 4.39 Å². The number of halogens is 2. The standard InChI is InChI=1S/C19H30FN3O2S.HI/c1-5-21-18(22-14-19(26-4)8-10-25-11-9-19)23(2)13-15-6-7-17(24-3)16(20)12-15;/h6-7,12H,5,8-11,13-14H2,1-4H3,(H,21,22);1H. The maximum absolute atomic E-state index is 13.9. The van der Waals surface area contributed by atoms with Crippen molar-refractivity contribution in [2.24, 2.45) is 4.99 Å². The number of hydrogen-bond acceptors (Lipinski definition) is 4. The van der Waals surface area contributed by atoms with E-state index in [1.165, 1.54) is 13.2 Å². The first-order chi connectivity index (χ1) is 12.5. The van der Waals surface area contributed by atoms with Crippen molar-refractivity contribution in [3.05, 3.63) is 29.6 Å². The Morgan fingerprint density at radius 1 is 1.41 bits per heavy atom. The summed E-state index contributed by atoms with van der Waals surface area (Å²) in [5, 5.41) is 3.34. The molecule has 1 aliphatic rings. The van der Waals surface area contributed by atoms with E-state index in [1.807, 2.05) is 29.8 Å². The lowest BCUT2D eigenvalue weighted by molar-refractivity contribution is 0.0793. The van der Waals surface area contributed by atoms with E-state index in [2.05, 4.69) is 18.5 Å². The highest BCUT2D eigenvalue weighted by Gasteiger charge is 2.31. The minimum atomic E-state index is -0.344. The van der Waals surface area contributed by atoms with Gasteiger partial charge in [-0.1, -0.05) is 6.07 Å². The predicted octanol–water partition coefficient (Wildman–Crippen LogP) is 3.76. The van der Waals surface area contributed by atoms with Crippen LogP contribution >= 0.6 is 35.7 Å². The van der Waals surface area contributed by atoms with Gasteiger partial charge in [0.1, 0.15) is 0 Å². The van der Waals surface area contributed by atoms with Gasteiger partial charge in [-0.05, 0) is 43.7 Å². The molecule has 1 fully saturated rings. The number of hydrogen-bond donors (Lipinski definition) is 1. The van der Waals surface area contributed by atoms with E-state index in [1.54, 1.807) is 6.07 Å². The summed E-state index contributed by atoms with van der Waals surface area (Å²) < 4.78 is 24.6. The van der Waals surface area contributed by atoms with E-state index in [0.29, 0.717) is 6.54 Å². The third kappa shape index (κ3) is 6.98. The van der Waals surface area contributed by atoms with Gasteiger partial charge in [-0.2, -0.15) is 11.8 Å². The largest absolute Gasteiger partial charge is 0.494 e. The van der Waals surface area contributed by atoms with Crippen LogP contribution in [-0.2, 0) is 11.3 Å². The van der Waals surface area contributed by atoms with Gasteiger partial charge in [0.25, 0.3) is 0 Å². The molecule has 0 aliphatic carbocycles. The van der Waals surface area contributed by atoms with Gasteiger partial charge >= 0.3 is 0 Å². The Bertz CT molecular complexity index is 613. The molecule has 0 saturated carbocycles. The summed E-state index contributed by atoms with van der Waals surface area (Å²) in [4.78, 5) is 6.89. The van der Waals surface area contributed by atoms with Crippen molar-refractivity contribution in [3.8, 4) is 5.75 Å². The lowest BCUT2D eigenvalue weighted by Crippen LogP contribution is -2.41. The fraction of sp³-hybridized carbons (Fsp3) is 0.632. The highest BCUT2D eigenvalue weighted by atomic mass is 127. The number of aliphatic imine (C=N–C) groups is 1. The molecule has 1 N–H and O–H groups in total. The van der Waals surface area contributed by atoms with Crippen LogP contribution in [0.1, 0.15) is 25.3 Å². The second-order valence-electron chi connectivity index (χ2n) is 6.49. The van der Waals surface area contributed by atoms with Crippen LogP contribution in [0.25, 0.3) is 0 Å². The van der Waals surface area contributed by atoms with Crippen LogP contribution in [0.5, 0.6) is 5.75 Å². The summed E-state index contributed by atoms with van der Waals surface area (Å²) in [5.41, 5.74) is 0.877. The van der Waals surface area contributed by atoms with E-state index in [-0.39, 0.29) is 40.3 Å². The Hall–Kier alpha value is -0.740. The van der Waals surface area contributed by atoms with E-state index in [4.69, 9.17) is 14.5 Å². The molecule has 5 nitrogen and oxygen atoms in total. The summed E-state index contributed by atoms with van der Waals surface area (Å²) >= 11 is 1.88. The number of methoxy groups -OCH3 is 1. The fourth-order valence-electron chi connectivity index (χ4n) is 3.02. The van der Waals surface area contributed by atoms with Crippen LogP contribution in [-0.4, -0.2) is 62.3 Å². The maximum atomic E-state index is 13.9. The molecule has 1 aromatic carbocycles. The zero-order valence-corrected chi connectivity index (χ0v) is 19.7. The Morgan fingerprint density at radius 3 is 2.67 bits per heavy atom. The Kier molecular flexibility index (Phi) is 10.8. The minimum absolute atomic E-state index is 0. The van der Waals surface area contributed by atoms with Crippen molar-refractivity contribution in [2.45, 2.75) is 31.1 Å². The molecule has 8 heteroatoms. The molecule has 1 heterocycles. The molecule has 0 radical (unpaired) electrons. The molecular formula is C19H31FIN3O2S. The highest BCUT2D eigenvalue weighted by molar-refractivity contribution is 14.0. The average molecular weight is 511 g/mol. The van der Waals surface area contributed by atoms with Gasteiger partial charge in [0.05, 0.1) is 13.7 Å². The van der Waals surface area contributed by atoms with Crippen molar-refractivity contribution in [3.63, 3.8) is 0 Å². The second kappa shape index (κ2) is 12.0. The molecule has 0 bridgehead atoms. The third-order valence-electron chi connectivity index (χ3n) is 4.69. The summed E-state index contributed by atoms with van der Waals surface area (Å²) in [7, 11) is 3.44. The summed E-state index contributed by atoms with van der Waals surface area (Å²) in [6.07, 6.45) is 4.19. The monoisotopic (exact) mass is 511 g/mol. The molecule has 154 valence electrons. The normalized spacial score (nSPS) is 16.4. The molecule has 27 heavy (non-hydrogen) atoms. The molecular weight excluding hydrogens is 480 g/mol. The molecule has 0 spiro atoms. The number of ether oxygens (including phenoxy) is 2. The Balaban J connectivity index is 0.00000364. The molecule has 2 rings (SSSR count). The lowest BCUT2D eigenvalue weighted by atomic mass is 9.99. The smallest absolute Gasteiger partial charge is 0.194 e. The van der Waals surface area contributed by atoms with Crippen molar-refractivity contribution >= 4 is 41.7 Å². The zero-order chi connectivity index (χ0) is 19.0. The van der Waals surface area contributed by atoms with Gasteiger partial charge < -0.3 is 19.7 Å². The van der Waals surface area contributed by atoms with Crippen molar-refractivity contribution in [1.82, 2.24) is 10.2 Å². The Labute approximate surface area is 183 Å². The third-order valence-corrected chi connectivity index (χ3v) is 6.09.